The van der Waals surface area contributed by atoms with Gasteiger partial charge in [0.1, 0.15) is 5.76 Å². The Labute approximate surface area is 141 Å². The number of carbonyl (C=O) groups excluding carboxylic acids is 3. The predicted molar refractivity (Wildman–Crippen MR) is 86.8 cm³/mol. The Kier molecular flexibility index (Phi) is 5.70. The van der Waals surface area contributed by atoms with Crippen LogP contribution in [0.5, 0.6) is 0 Å². The molecule has 0 aliphatic heterocycles. The average Bonchev–Trinajstić information content (AvgIpc) is 2.97. The minimum Gasteiger partial charge on any atom is -0.469 e. The summed E-state index contributed by atoms with van der Waals surface area (Å²) in [6.07, 6.45) is 1.44. The monoisotopic (exact) mass is 378 g/mol. The molecule has 0 spiro atoms. The zero-order chi connectivity index (χ0) is 16.8. The van der Waals surface area contributed by atoms with Crippen molar-refractivity contribution in [1.29, 1.82) is 0 Å². The summed E-state index contributed by atoms with van der Waals surface area (Å²) >= 11 is 3.29. The number of amides is 2. The number of hydrazine groups is 1. The van der Waals surface area contributed by atoms with Crippen molar-refractivity contribution in [2.24, 2.45) is 0 Å². The van der Waals surface area contributed by atoms with E-state index in [9.17, 15) is 14.4 Å². The molecule has 120 valence electrons. The number of carbonyl (C=O) groups is 3. The van der Waals surface area contributed by atoms with Crippen LogP contribution in [0.1, 0.15) is 39.3 Å². The summed E-state index contributed by atoms with van der Waals surface area (Å²) < 4.78 is 5.89. The van der Waals surface area contributed by atoms with E-state index in [-0.39, 0.29) is 18.6 Å². The molecule has 0 saturated carbocycles. The van der Waals surface area contributed by atoms with Crippen molar-refractivity contribution in [3.63, 3.8) is 0 Å². The Morgan fingerprint density at radius 3 is 2.35 bits per heavy atom. The van der Waals surface area contributed by atoms with E-state index >= 15 is 0 Å². The van der Waals surface area contributed by atoms with Gasteiger partial charge in [0.05, 0.1) is 11.8 Å². The maximum absolute atomic E-state index is 11.9. The van der Waals surface area contributed by atoms with E-state index in [4.69, 9.17) is 4.42 Å². The molecule has 1 aromatic heterocycles. The van der Waals surface area contributed by atoms with E-state index in [1.54, 1.807) is 31.2 Å². The molecule has 1 aromatic carbocycles. The molecule has 2 N–H and O–H groups in total. The molecule has 7 heteroatoms. The molecule has 0 aliphatic carbocycles. The SMILES string of the molecule is Cc1occc1C(=O)NNC(=O)CCC(=O)c1ccc(Br)cc1. The van der Waals surface area contributed by atoms with E-state index in [0.29, 0.717) is 16.9 Å². The lowest BCUT2D eigenvalue weighted by Crippen LogP contribution is -2.41. The van der Waals surface area contributed by atoms with Gasteiger partial charge in [-0.2, -0.15) is 0 Å². The molecule has 0 aliphatic rings. The standard InChI is InChI=1S/C16H15BrN2O4/c1-10-13(8-9-23-10)16(22)19-18-15(21)7-6-14(20)11-2-4-12(17)5-3-11/h2-5,8-9H,6-7H2,1H3,(H,18,21)(H,19,22). The van der Waals surface area contributed by atoms with Gasteiger partial charge in [0.2, 0.25) is 5.91 Å². The number of halogens is 1. The quantitative estimate of drug-likeness (QED) is 0.618. The average molecular weight is 379 g/mol. The third kappa shape index (κ3) is 4.79. The zero-order valence-corrected chi connectivity index (χ0v) is 14.0. The Balaban J connectivity index is 1.77. The van der Waals surface area contributed by atoms with Gasteiger partial charge in [0.25, 0.3) is 5.91 Å². The van der Waals surface area contributed by atoms with Crippen LogP contribution in [0.3, 0.4) is 0 Å². The van der Waals surface area contributed by atoms with Crippen molar-refractivity contribution < 1.29 is 18.8 Å². The van der Waals surface area contributed by atoms with E-state index in [1.165, 1.54) is 12.3 Å². The van der Waals surface area contributed by atoms with Crippen LogP contribution < -0.4 is 10.9 Å². The number of furan rings is 1. The van der Waals surface area contributed by atoms with Gasteiger partial charge in [0, 0.05) is 22.9 Å². The van der Waals surface area contributed by atoms with Crippen LogP contribution in [-0.2, 0) is 4.79 Å². The molecule has 0 atom stereocenters. The second-order valence-electron chi connectivity index (χ2n) is 4.82. The van der Waals surface area contributed by atoms with E-state index in [2.05, 4.69) is 26.8 Å². The Morgan fingerprint density at radius 1 is 1.04 bits per heavy atom. The molecule has 0 fully saturated rings. The maximum Gasteiger partial charge on any atom is 0.273 e. The van der Waals surface area contributed by atoms with E-state index < -0.39 is 11.8 Å². The van der Waals surface area contributed by atoms with Gasteiger partial charge in [-0.1, -0.05) is 28.1 Å². The first-order chi connectivity index (χ1) is 11.0. The highest BCUT2D eigenvalue weighted by atomic mass is 79.9. The molecule has 23 heavy (non-hydrogen) atoms. The maximum atomic E-state index is 11.9. The molecule has 2 amide bonds. The molecule has 0 unspecified atom stereocenters. The molecule has 1 heterocycles. The first-order valence-corrected chi connectivity index (χ1v) is 7.68. The largest absolute Gasteiger partial charge is 0.469 e. The van der Waals surface area contributed by atoms with Crippen molar-refractivity contribution in [3.8, 4) is 0 Å². The fourth-order valence-electron chi connectivity index (χ4n) is 1.88. The number of nitrogens with one attached hydrogen (secondary N) is 2. The highest BCUT2D eigenvalue weighted by molar-refractivity contribution is 9.10. The van der Waals surface area contributed by atoms with Crippen LogP contribution in [0.2, 0.25) is 0 Å². The Bertz CT molecular complexity index is 722. The summed E-state index contributed by atoms with van der Waals surface area (Å²) in [5.74, 6) is -0.583. The summed E-state index contributed by atoms with van der Waals surface area (Å²) in [6, 6.07) is 8.41. The molecular formula is C16H15BrN2O4. The minimum absolute atomic E-state index is 0.0143. The van der Waals surface area contributed by atoms with E-state index in [1.807, 2.05) is 0 Å². The van der Waals surface area contributed by atoms with Gasteiger partial charge >= 0.3 is 0 Å². The van der Waals surface area contributed by atoms with Gasteiger partial charge in [-0.3, -0.25) is 25.2 Å². The molecule has 6 nitrogen and oxygen atoms in total. The van der Waals surface area contributed by atoms with Crippen LogP contribution in [0.15, 0.2) is 45.5 Å². The van der Waals surface area contributed by atoms with Gasteiger partial charge in [-0.15, -0.1) is 0 Å². The van der Waals surface area contributed by atoms with Crippen LogP contribution in [0.25, 0.3) is 0 Å². The molecule has 0 saturated heterocycles. The lowest BCUT2D eigenvalue weighted by atomic mass is 10.1. The first-order valence-electron chi connectivity index (χ1n) is 6.89. The van der Waals surface area contributed by atoms with Crippen molar-refractivity contribution in [3.05, 3.63) is 58.0 Å². The molecular weight excluding hydrogens is 364 g/mol. The Hall–Kier alpha value is -2.41. The van der Waals surface area contributed by atoms with Gasteiger partial charge in [-0.25, -0.2) is 0 Å². The summed E-state index contributed by atoms with van der Waals surface area (Å²) in [6.45, 7) is 1.65. The van der Waals surface area contributed by atoms with Crippen molar-refractivity contribution in [2.75, 3.05) is 0 Å². The van der Waals surface area contributed by atoms with Gasteiger partial charge < -0.3 is 4.42 Å². The second kappa shape index (κ2) is 7.73. The van der Waals surface area contributed by atoms with Crippen LogP contribution in [0, 0.1) is 6.92 Å². The second-order valence-corrected chi connectivity index (χ2v) is 5.74. The van der Waals surface area contributed by atoms with Crippen molar-refractivity contribution in [2.45, 2.75) is 19.8 Å². The topological polar surface area (TPSA) is 88.4 Å². The summed E-state index contributed by atoms with van der Waals surface area (Å²) in [5, 5.41) is 0. The highest BCUT2D eigenvalue weighted by Gasteiger charge is 2.13. The lowest BCUT2D eigenvalue weighted by Gasteiger charge is -2.06. The third-order valence-corrected chi connectivity index (χ3v) is 3.69. The number of hydrogen-bond acceptors (Lipinski definition) is 4. The molecule has 0 bridgehead atoms. The highest BCUT2D eigenvalue weighted by Crippen LogP contribution is 2.12. The molecule has 2 rings (SSSR count). The predicted octanol–water partition coefficient (Wildman–Crippen LogP) is 2.77. The molecule has 2 aromatic rings. The first kappa shape index (κ1) is 17.0. The van der Waals surface area contributed by atoms with Crippen molar-refractivity contribution in [1.82, 2.24) is 10.9 Å². The summed E-state index contributed by atoms with van der Waals surface area (Å²) in [7, 11) is 0. The third-order valence-electron chi connectivity index (χ3n) is 3.16. The van der Waals surface area contributed by atoms with Crippen LogP contribution in [-0.4, -0.2) is 17.6 Å². The number of Topliss-reactive ketones (excluding diaryl/α,β-unsaturated/α-hetero) is 1. The van der Waals surface area contributed by atoms with Crippen LogP contribution >= 0.6 is 15.9 Å². The van der Waals surface area contributed by atoms with Crippen molar-refractivity contribution >= 4 is 33.5 Å². The number of rotatable bonds is 5. The number of hydrogen-bond donors (Lipinski definition) is 2. The normalized spacial score (nSPS) is 10.2. The van der Waals surface area contributed by atoms with Gasteiger partial charge in [0.15, 0.2) is 5.78 Å². The summed E-state index contributed by atoms with van der Waals surface area (Å²) in [4.78, 5) is 35.4. The minimum atomic E-state index is -0.469. The molecule has 0 radical (unpaired) electrons. The number of ketones is 1. The fourth-order valence-corrected chi connectivity index (χ4v) is 2.15. The number of benzene rings is 1. The lowest BCUT2D eigenvalue weighted by molar-refractivity contribution is -0.121. The van der Waals surface area contributed by atoms with E-state index in [0.717, 1.165) is 4.47 Å². The Morgan fingerprint density at radius 2 is 1.74 bits per heavy atom. The zero-order valence-electron chi connectivity index (χ0n) is 12.4. The fraction of sp³-hybridized carbons (Fsp3) is 0.188. The van der Waals surface area contributed by atoms with Gasteiger partial charge in [-0.05, 0) is 25.1 Å². The summed E-state index contributed by atoms with van der Waals surface area (Å²) in [5.41, 5.74) is 5.44. The smallest absolute Gasteiger partial charge is 0.273 e. The number of aryl methyl sites for hydroxylation is 1. The van der Waals surface area contributed by atoms with Crippen LogP contribution in [0.4, 0.5) is 0 Å².